The van der Waals surface area contributed by atoms with Crippen LogP contribution in [-0.2, 0) is 14.6 Å². The van der Waals surface area contributed by atoms with E-state index in [-0.39, 0.29) is 17.6 Å². The molecule has 98 valence electrons. The van der Waals surface area contributed by atoms with E-state index < -0.39 is 22.0 Å². The van der Waals surface area contributed by atoms with Crippen LogP contribution in [0.2, 0.25) is 0 Å². The maximum Gasteiger partial charge on any atom is 0.155 e. The zero-order valence-electron chi connectivity index (χ0n) is 9.45. The van der Waals surface area contributed by atoms with E-state index in [1.165, 1.54) is 0 Å². The van der Waals surface area contributed by atoms with Gasteiger partial charge in [-0.3, -0.25) is 0 Å². The highest BCUT2D eigenvalue weighted by Crippen LogP contribution is 2.24. The number of hydrogen-bond donors (Lipinski definition) is 2. The molecule has 0 amide bonds. The van der Waals surface area contributed by atoms with Gasteiger partial charge in [-0.25, -0.2) is 8.42 Å². The van der Waals surface area contributed by atoms with Gasteiger partial charge in [0, 0.05) is 0 Å². The lowest BCUT2D eigenvalue weighted by atomic mass is 9.95. The van der Waals surface area contributed by atoms with Crippen LogP contribution in [0.5, 0.6) is 0 Å². The van der Waals surface area contributed by atoms with Crippen molar-refractivity contribution in [3.8, 4) is 0 Å². The molecule has 2 atom stereocenters. The third-order valence-electron chi connectivity index (χ3n) is 3.29. The minimum absolute atomic E-state index is 0.0477. The molecule has 2 rings (SSSR count). The van der Waals surface area contributed by atoms with Gasteiger partial charge in [0.2, 0.25) is 0 Å². The molecular formula is C10H17NO5S. The second kappa shape index (κ2) is 4.91. The summed E-state index contributed by atoms with van der Waals surface area (Å²) in [6.07, 6.45) is 1.19. The van der Waals surface area contributed by atoms with Gasteiger partial charge in [0.1, 0.15) is 0 Å². The highest BCUT2D eigenvalue weighted by atomic mass is 32.2. The van der Waals surface area contributed by atoms with Crippen LogP contribution < -0.4 is 0 Å². The number of aliphatic hydroxyl groups is 1. The Kier molecular flexibility index (Phi) is 3.70. The molecule has 17 heavy (non-hydrogen) atoms. The molecule has 1 heterocycles. The van der Waals surface area contributed by atoms with Crippen molar-refractivity contribution in [2.75, 3.05) is 11.5 Å². The van der Waals surface area contributed by atoms with Crippen molar-refractivity contribution >= 4 is 15.5 Å². The van der Waals surface area contributed by atoms with Gasteiger partial charge in [-0.05, 0) is 25.7 Å². The number of oxime groups is 1. The molecule has 7 heteroatoms. The quantitative estimate of drug-likeness (QED) is 0.537. The van der Waals surface area contributed by atoms with Gasteiger partial charge in [-0.1, -0.05) is 5.16 Å². The molecule has 2 unspecified atom stereocenters. The first kappa shape index (κ1) is 12.8. The van der Waals surface area contributed by atoms with Crippen LogP contribution in [0.15, 0.2) is 5.16 Å². The summed E-state index contributed by atoms with van der Waals surface area (Å²) < 4.78 is 28.2. The fourth-order valence-electron chi connectivity index (χ4n) is 2.33. The summed E-state index contributed by atoms with van der Waals surface area (Å²) >= 11 is 0. The molecule has 2 fully saturated rings. The first-order chi connectivity index (χ1) is 8.00. The zero-order chi connectivity index (χ0) is 12.5. The maximum atomic E-state index is 11.3. The monoisotopic (exact) mass is 263 g/mol. The molecule has 0 bridgehead atoms. The molecule has 0 aromatic heterocycles. The highest BCUT2D eigenvalue weighted by Gasteiger charge is 2.38. The Hall–Kier alpha value is -0.660. The van der Waals surface area contributed by atoms with Crippen molar-refractivity contribution < 1.29 is 23.5 Å². The van der Waals surface area contributed by atoms with Crippen molar-refractivity contribution in [1.29, 1.82) is 0 Å². The van der Waals surface area contributed by atoms with Gasteiger partial charge in [-0.15, -0.1) is 0 Å². The summed E-state index contributed by atoms with van der Waals surface area (Å²) in [6.45, 7) is 0. The van der Waals surface area contributed by atoms with Crippen LogP contribution in [0.4, 0.5) is 0 Å². The van der Waals surface area contributed by atoms with Gasteiger partial charge < -0.3 is 15.1 Å². The second-order valence-electron chi connectivity index (χ2n) is 4.68. The predicted molar refractivity (Wildman–Crippen MR) is 61.0 cm³/mol. The lowest BCUT2D eigenvalue weighted by Gasteiger charge is -2.26. The first-order valence-corrected chi connectivity index (χ1v) is 7.56. The van der Waals surface area contributed by atoms with Crippen LogP contribution in [0.1, 0.15) is 25.7 Å². The van der Waals surface area contributed by atoms with Gasteiger partial charge in [0.15, 0.2) is 9.84 Å². The normalized spacial score (nSPS) is 37.0. The minimum Gasteiger partial charge on any atom is -0.411 e. The molecular weight excluding hydrogens is 246 g/mol. The zero-order valence-corrected chi connectivity index (χ0v) is 10.3. The molecule has 1 saturated heterocycles. The van der Waals surface area contributed by atoms with E-state index in [1.54, 1.807) is 0 Å². The van der Waals surface area contributed by atoms with E-state index in [2.05, 4.69) is 5.16 Å². The predicted octanol–water partition coefficient (Wildman–Crippen LogP) is -0.0663. The van der Waals surface area contributed by atoms with Crippen LogP contribution in [0, 0.1) is 0 Å². The van der Waals surface area contributed by atoms with Gasteiger partial charge in [0.05, 0.1) is 35.5 Å². The van der Waals surface area contributed by atoms with Gasteiger partial charge in [0.25, 0.3) is 0 Å². The molecule has 0 radical (unpaired) electrons. The smallest absolute Gasteiger partial charge is 0.155 e. The molecule has 1 aliphatic heterocycles. The summed E-state index contributed by atoms with van der Waals surface area (Å²) in [5.41, 5.74) is 0.754. The Morgan fingerprint density at radius 2 is 1.88 bits per heavy atom. The largest absolute Gasteiger partial charge is 0.411 e. The Morgan fingerprint density at radius 1 is 1.24 bits per heavy atom. The maximum absolute atomic E-state index is 11.3. The molecule has 2 N–H and O–H groups in total. The minimum atomic E-state index is -3.15. The molecule has 0 aromatic carbocycles. The van der Waals surface area contributed by atoms with Crippen molar-refractivity contribution in [3.63, 3.8) is 0 Å². The second-order valence-corrected chi connectivity index (χ2v) is 6.84. The van der Waals surface area contributed by atoms with Gasteiger partial charge in [-0.2, -0.15) is 0 Å². The summed E-state index contributed by atoms with van der Waals surface area (Å²) in [5.74, 6) is -0.292. The highest BCUT2D eigenvalue weighted by molar-refractivity contribution is 7.91. The van der Waals surface area contributed by atoms with Crippen LogP contribution >= 0.6 is 0 Å². The average Bonchev–Trinajstić information content (AvgIpc) is 2.53. The third-order valence-corrected chi connectivity index (χ3v) is 4.98. The summed E-state index contributed by atoms with van der Waals surface area (Å²) in [6, 6.07) is 0. The topological polar surface area (TPSA) is 96.2 Å². The Morgan fingerprint density at radius 3 is 2.35 bits per heavy atom. The van der Waals surface area contributed by atoms with Crippen molar-refractivity contribution in [1.82, 2.24) is 0 Å². The number of ether oxygens (including phenoxy) is 1. The Balaban J connectivity index is 1.87. The number of aliphatic hydroxyl groups excluding tert-OH is 1. The van der Waals surface area contributed by atoms with E-state index in [1.807, 2.05) is 0 Å². The lowest BCUT2D eigenvalue weighted by Crippen LogP contribution is -2.33. The molecule has 6 nitrogen and oxygen atoms in total. The van der Waals surface area contributed by atoms with Crippen LogP contribution in [0.25, 0.3) is 0 Å². The van der Waals surface area contributed by atoms with Gasteiger partial charge >= 0.3 is 0 Å². The van der Waals surface area contributed by atoms with Crippen LogP contribution in [-0.4, -0.2) is 54.3 Å². The van der Waals surface area contributed by atoms with Crippen molar-refractivity contribution in [2.24, 2.45) is 5.16 Å². The summed E-state index contributed by atoms with van der Waals surface area (Å²) in [7, 11) is -3.15. The Bertz CT molecular complexity index is 395. The Labute approximate surface area is 100 Å². The first-order valence-electron chi connectivity index (χ1n) is 5.74. The molecule has 2 aliphatic rings. The fraction of sp³-hybridized carbons (Fsp3) is 0.900. The number of hydrogen-bond acceptors (Lipinski definition) is 6. The summed E-state index contributed by atoms with van der Waals surface area (Å²) in [4.78, 5) is 0. The van der Waals surface area contributed by atoms with E-state index in [0.717, 1.165) is 5.71 Å². The van der Waals surface area contributed by atoms with Crippen molar-refractivity contribution in [2.45, 2.75) is 44.0 Å². The van der Waals surface area contributed by atoms with E-state index >= 15 is 0 Å². The third kappa shape index (κ3) is 3.17. The molecule has 0 aromatic rings. The molecule has 1 saturated carbocycles. The SMILES string of the molecule is O=S1(=O)CC(O)C(OC2CCC(=NO)CC2)C1. The van der Waals surface area contributed by atoms with E-state index in [4.69, 9.17) is 9.94 Å². The molecule has 0 spiro atoms. The van der Waals surface area contributed by atoms with E-state index in [0.29, 0.717) is 25.7 Å². The van der Waals surface area contributed by atoms with Crippen molar-refractivity contribution in [3.05, 3.63) is 0 Å². The number of nitrogens with zero attached hydrogens (tertiary/aromatic N) is 1. The molecule has 1 aliphatic carbocycles. The average molecular weight is 263 g/mol. The van der Waals surface area contributed by atoms with Crippen LogP contribution in [0.3, 0.4) is 0 Å². The standard InChI is InChI=1S/C10H17NO5S/c12-9-5-17(14,15)6-10(9)16-8-3-1-7(11-13)2-4-8/h8-10,12-13H,1-6H2. The van der Waals surface area contributed by atoms with E-state index in [9.17, 15) is 13.5 Å². The summed E-state index contributed by atoms with van der Waals surface area (Å²) in [5, 5.41) is 21.4. The fourth-order valence-corrected chi connectivity index (χ4v) is 4.01. The number of sulfone groups is 1. The lowest BCUT2D eigenvalue weighted by molar-refractivity contribution is -0.0588. The number of rotatable bonds is 2.